The number of hydrogen-bond donors (Lipinski definition) is 1. The molecule has 0 radical (unpaired) electrons. The maximum Gasteiger partial charge on any atom is 0.514 e. The highest BCUT2D eigenvalue weighted by Gasteiger charge is 2.23. The van der Waals surface area contributed by atoms with Crippen LogP contribution in [0.5, 0.6) is 11.5 Å². The van der Waals surface area contributed by atoms with Crippen LogP contribution in [0, 0.1) is 11.8 Å². The zero-order chi connectivity index (χ0) is 29.5. The van der Waals surface area contributed by atoms with Gasteiger partial charge in [0.1, 0.15) is 24.9 Å². The molecule has 11 heteroatoms. The standard InChI is InChI=1S/C28H43NO10/c1-9-18(5)36-27(32)38-23-12-11-21(16-24(23)39-28(33)37-19(6)10-2)15-22(26(31)34-8)29-13-14-35-25(30)20(7)17(3)4/h11-12,16-20,22,29H,9-10,13-15H2,1-8H3/t18?,19?,20?,22-/m0/s1. The molecule has 0 aliphatic rings. The van der Waals surface area contributed by atoms with Crippen molar-refractivity contribution in [2.24, 2.45) is 11.8 Å². The molecule has 1 aromatic carbocycles. The Morgan fingerprint density at radius 1 is 0.821 bits per heavy atom. The van der Waals surface area contributed by atoms with Crippen molar-refractivity contribution < 1.29 is 47.6 Å². The van der Waals surface area contributed by atoms with Crippen molar-refractivity contribution in [3.8, 4) is 11.5 Å². The average Bonchev–Trinajstić information content (AvgIpc) is 2.90. The van der Waals surface area contributed by atoms with Gasteiger partial charge in [-0.05, 0) is 56.7 Å². The first-order chi connectivity index (χ1) is 18.4. The molecule has 1 N–H and O–H groups in total. The third kappa shape index (κ3) is 12.4. The molecular weight excluding hydrogens is 510 g/mol. The molecule has 0 aliphatic carbocycles. The van der Waals surface area contributed by atoms with Crippen LogP contribution in [-0.4, -0.2) is 62.8 Å². The van der Waals surface area contributed by atoms with Crippen LogP contribution in [-0.2, 0) is 35.0 Å². The van der Waals surface area contributed by atoms with Crippen LogP contribution in [0.15, 0.2) is 18.2 Å². The van der Waals surface area contributed by atoms with E-state index < -0.39 is 24.3 Å². The van der Waals surface area contributed by atoms with Crippen molar-refractivity contribution >= 4 is 24.2 Å². The third-order valence-corrected chi connectivity index (χ3v) is 6.17. The van der Waals surface area contributed by atoms with E-state index in [0.717, 1.165) is 0 Å². The van der Waals surface area contributed by atoms with Crippen molar-refractivity contribution in [3.63, 3.8) is 0 Å². The van der Waals surface area contributed by atoms with Gasteiger partial charge < -0.3 is 33.7 Å². The maximum absolute atomic E-state index is 12.4. The van der Waals surface area contributed by atoms with Crippen LogP contribution >= 0.6 is 0 Å². The van der Waals surface area contributed by atoms with Crippen LogP contribution in [0.3, 0.4) is 0 Å². The first-order valence-corrected chi connectivity index (χ1v) is 13.3. The second-order valence-corrected chi connectivity index (χ2v) is 9.59. The molecule has 1 rings (SSSR count). The molecule has 0 saturated carbocycles. The van der Waals surface area contributed by atoms with Crippen LogP contribution in [0.1, 0.15) is 66.9 Å². The van der Waals surface area contributed by atoms with Crippen molar-refractivity contribution in [1.29, 1.82) is 0 Å². The lowest BCUT2D eigenvalue weighted by atomic mass is 9.99. The zero-order valence-electron chi connectivity index (χ0n) is 24.2. The van der Waals surface area contributed by atoms with Gasteiger partial charge >= 0.3 is 24.2 Å². The van der Waals surface area contributed by atoms with Crippen molar-refractivity contribution in [1.82, 2.24) is 5.32 Å². The number of carbonyl (C=O) groups is 4. The second kappa shape index (κ2) is 17.3. The summed E-state index contributed by atoms with van der Waals surface area (Å²) in [5.41, 5.74) is 0.567. The Labute approximate surface area is 230 Å². The SMILES string of the molecule is CCC(C)OC(=O)Oc1ccc(C[C@H](NCCOC(=O)C(C)C(C)C)C(=O)OC)cc1OC(=O)OC(C)CC. The molecule has 0 aromatic heterocycles. The van der Waals surface area contributed by atoms with Crippen molar-refractivity contribution in [3.05, 3.63) is 23.8 Å². The minimum atomic E-state index is -0.971. The average molecular weight is 554 g/mol. The Hall–Kier alpha value is -3.34. The first-order valence-electron chi connectivity index (χ1n) is 13.3. The molecule has 0 aliphatic heterocycles. The highest BCUT2D eigenvalue weighted by Crippen LogP contribution is 2.30. The van der Waals surface area contributed by atoms with Crippen LogP contribution in [0.2, 0.25) is 0 Å². The summed E-state index contributed by atoms with van der Waals surface area (Å²) in [4.78, 5) is 49.0. The number of nitrogens with one attached hydrogen (secondary N) is 1. The van der Waals surface area contributed by atoms with Crippen LogP contribution < -0.4 is 14.8 Å². The molecule has 1 aromatic rings. The van der Waals surface area contributed by atoms with E-state index in [2.05, 4.69) is 5.32 Å². The van der Waals surface area contributed by atoms with E-state index in [1.165, 1.54) is 19.2 Å². The van der Waals surface area contributed by atoms with E-state index in [1.54, 1.807) is 26.8 Å². The Balaban J connectivity index is 3.03. The predicted molar refractivity (Wildman–Crippen MR) is 143 cm³/mol. The van der Waals surface area contributed by atoms with Gasteiger partial charge in [-0.15, -0.1) is 0 Å². The van der Waals surface area contributed by atoms with Gasteiger partial charge in [0, 0.05) is 6.54 Å². The molecule has 39 heavy (non-hydrogen) atoms. The number of ether oxygens (including phenoxy) is 6. The Bertz CT molecular complexity index is 948. The lowest BCUT2D eigenvalue weighted by Crippen LogP contribution is -2.41. The number of hydrogen-bond acceptors (Lipinski definition) is 11. The van der Waals surface area contributed by atoms with Gasteiger partial charge in [-0.25, -0.2) is 9.59 Å². The quantitative estimate of drug-likeness (QED) is 0.138. The minimum Gasteiger partial charge on any atom is -0.468 e. The van der Waals surface area contributed by atoms with Crippen LogP contribution in [0.4, 0.5) is 9.59 Å². The zero-order valence-corrected chi connectivity index (χ0v) is 24.2. The molecule has 220 valence electrons. The number of esters is 2. The summed E-state index contributed by atoms with van der Waals surface area (Å²) >= 11 is 0. The van der Waals surface area contributed by atoms with E-state index >= 15 is 0 Å². The Morgan fingerprint density at radius 3 is 1.90 bits per heavy atom. The van der Waals surface area contributed by atoms with Crippen molar-refractivity contribution in [2.75, 3.05) is 20.3 Å². The van der Waals surface area contributed by atoms with Crippen molar-refractivity contribution in [2.45, 2.75) is 86.0 Å². The summed E-state index contributed by atoms with van der Waals surface area (Å²) in [6.07, 6.45) is -1.36. The van der Waals surface area contributed by atoms with Crippen LogP contribution in [0.25, 0.3) is 0 Å². The lowest BCUT2D eigenvalue weighted by molar-refractivity contribution is -0.149. The second-order valence-electron chi connectivity index (χ2n) is 9.59. The molecule has 0 bridgehead atoms. The summed E-state index contributed by atoms with van der Waals surface area (Å²) < 4.78 is 31.1. The summed E-state index contributed by atoms with van der Waals surface area (Å²) in [7, 11) is 1.26. The van der Waals surface area contributed by atoms with E-state index in [9.17, 15) is 19.2 Å². The Kier molecular flexibility index (Phi) is 14.9. The van der Waals surface area contributed by atoms with Gasteiger partial charge in [0.15, 0.2) is 11.5 Å². The minimum absolute atomic E-state index is 0.0538. The molecule has 0 heterocycles. The summed E-state index contributed by atoms with van der Waals surface area (Å²) in [5.74, 6) is -1.07. The molecule has 0 amide bonds. The highest BCUT2D eigenvalue weighted by atomic mass is 16.7. The topological polar surface area (TPSA) is 136 Å². The molecular formula is C28H43NO10. The molecule has 4 atom stereocenters. The van der Waals surface area contributed by atoms with Gasteiger partial charge in [-0.2, -0.15) is 0 Å². The highest BCUT2D eigenvalue weighted by molar-refractivity contribution is 5.76. The number of rotatable bonds is 15. The fourth-order valence-corrected chi connectivity index (χ4v) is 2.97. The molecule has 0 fully saturated rings. The number of methoxy groups -OCH3 is 1. The van der Waals surface area contributed by atoms with Gasteiger partial charge in [0.25, 0.3) is 0 Å². The molecule has 0 saturated heterocycles. The van der Waals surface area contributed by atoms with E-state index in [1.807, 2.05) is 27.7 Å². The monoisotopic (exact) mass is 553 g/mol. The van der Waals surface area contributed by atoms with Gasteiger partial charge in [-0.3, -0.25) is 9.59 Å². The Morgan fingerprint density at radius 2 is 1.38 bits per heavy atom. The fraction of sp³-hybridized carbons (Fsp3) is 0.643. The fourth-order valence-electron chi connectivity index (χ4n) is 2.97. The predicted octanol–water partition coefficient (Wildman–Crippen LogP) is 4.82. The van der Waals surface area contributed by atoms with E-state index in [4.69, 9.17) is 28.4 Å². The van der Waals surface area contributed by atoms with E-state index in [-0.39, 0.29) is 61.1 Å². The lowest BCUT2D eigenvalue weighted by Gasteiger charge is -2.19. The van der Waals surface area contributed by atoms with Gasteiger partial charge in [-0.1, -0.05) is 40.7 Å². The number of carbonyl (C=O) groups excluding carboxylic acids is 4. The summed E-state index contributed by atoms with van der Waals surface area (Å²) in [5, 5.41) is 3.02. The third-order valence-electron chi connectivity index (χ3n) is 6.17. The largest absolute Gasteiger partial charge is 0.514 e. The normalized spacial score (nSPS) is 14.0. The van der Waals surface area contributed by atoms with E-state index in [0.29, 0.717) is 18.4 Å². The molecule has 0 spiro atoms. The summed E-state index contributed by atoms with van der Waals surface area (Å²) in [6.45, 7) is 13.1. The smallest absolute Gasteiger partial charge is 0.468 e. The molecule has 3 unspecified atom stereocenters. The maximum atomic E-state index is 12.4. The summed E-state index contributed by atoms with van der Waals surface area (Å²) in [6, 6.07) is 3.72. The van der Waals surface area contributed by atoms with Gasteiger partial charge in [0.2, 0.25) is 0 Å². The first kappa shape index (κ1) is 33.7. The molecule has 11 nitrogen and oxygen atoms in total. The van der Waals surface area contributed by atoms with Gasteiger partial charge in [0.05, 0.1) is 13.0 Å². The number of benzene rings is 1.